The minimum absolute atomic E-state index is 0. The molecule has 0 bridgehead atoms. The second kappa shape index (κ2) is 13.7. The van der Waals surface area contributed by atoms with Gasteiger partial charge in [0.05, 0.1) is 0 Å². The molecule has 1 N–H and O–H groups in total. The van der Waals surface area contributed by atoms with Crippen molar-refractivity contribution < 1.29 is 9.53 Å². The number of aliphatic imine (C=N–C) groups is 1. The van der Waals surface area contributed by atoms with Crippen LogP contribution in [0, 0.1) is 0 Å². The molecule has 0 aromatic carbocycles. The molecule has 0 amide bonds. The summed E-state index contributed by atoms with van der Waals surface area (Å²) in [7, 11) is 1.84. The first-order valence-electron chi connectivity index (χ1n) is 10.7. The van der Waals surface area contributed by atoms with Crippen LogP contribution >= 0.6 is 24.0 Å². The molecule has 2 rings (SSSR count). The Bertz CT molecular complexity index is 641. The van der Waals surface area contributed by atoms with E-state index in [1.807, 2.05) is 46.1 Å². The summed E-state index contributed by atoms with van der Waals surface area (Å²) in [4.78, 5) is 25.2. The molecule has 0 radical (unpaired) electrons. The average molecular weight is 531 g/mol. The molecule has 1 saturated heterocycles. The van der Waals surface area contributed by atoms with Crippen molar-refractivity contribution >= 4 is 41.7 Å². The van der Waals surface area contributed by atoms with Gasteiger partial charge in [-0.05, 0) is 45.7 Å². The van der Waals surface area contributed by atoms with Crippen LogP contribution in [0.15, 0.2) is 29.4 Å². The summed E-state index contributed by atoms with van der Waals surface area (Å²) in [5.41, 5.74) is -0.389. The molecular weight excluding hydrogens is 493 g/mol. The Balaban J connectivity index is 0.00000450. The maximum atomic E-state index is 11.7. The zero-order chi connectivity index (χ0) is 21.1. The van der Waals surface area contributed by atoms with Crippen molar-refractivity contribution in [3.8, 4) is 0 Å². The summed E-state index contributed by atoms with van der Waals surface area (Å²) >= 11 is 0. The number of rotatable bonds is 8. The lowest BCUT2D eigenvalue weighted by atomic mass is 10.1. The van der Waals surface area contributed by atoms with Gasteiger partial charge in [-0.15, -0.1) is 24.0 Å². The molecule has 0 atom stereocenters. The van der Waals surface area contributed by atoms with Crippen LogP contribution in [0.1, 0.15) is 52.9 Å². The quantitative estimate of drug-likeness (QED) is 0.182. The molecule has 7 nitrogen and oxygen atoms in total. The van der Waals surface area contributed by atoms with E-state index in [9.17, 15) is 4.79 Å². The molecule has 1 aromatic rings. The van der Waals surface area contributed by atoms with Gasteiger partial charge in [0.25, 0.3) is 0 Å². The first-order valence-corrected chi connectivity index (χ1v) is 10.7. The standard InChI is InChI=1S/C22H37N5O2.HI/c1-22(2,3)29-20(28)12-7-5-6-9-14-25-21(23-4)27-17-15-26(16-18-27)19-11-8-10-13-24-19;/h8,10-11,13H,5-7,9,12,14-18H2,1-4H3,(H,23,25);1H. The number of pyridine rings is 1. The number of anilines is 1. The van der Waals surface area contributed by atoms with Gasteiger partial charge < -0.3 is 19.9 Å². The summed E-state index contributed by atoms with van der Waals surface area (Å²) in [6, 6.07) is 6.04. The third-order valence-electron chi connectivity index (χ3n) is 4.78. The summed E-state index contributed by atoms with van der Waals surface area (Å²) in [5, 5.41) is 3.47. The Labute approximate surface area is 198 Å². The third kappa shape index (κ3) is 9.95. The number of nitrogens with zero attached hydrogens (tertiary/aromatic N) is 4. The first kappa shape index (κ1) is 26.5. The fourth-order valence-electron chi connectivity index (χ4n) is 3.36. The van der Waals surface area contributed by atoms with E-state index in [1.54, 1.807) is 0 Å². The number of hydrogen-bond donors (Lipinski definition) is 1. The normalized spacial score (nSPS) is 14.9. The van der Waals surface area contributed by atoms with Crippen LogP contribution in [0.2, 0.25) is 0 Å². The van der Waals surface area contributed by atoms with E-state index in [0.717, 1.165) is 70.2 Å². The highest BCUT2D eigenvalue weighted by Crippen LogP contribution is 2.13. The van der Waals surface area contributed by atoms with E-state index in [1.165, 1.54) is 0 Å². The van der Waals surface area contributed by atoms with E-state index in [-0.39, 0.29) is 35.5 Å². The van der Waals surface area contributed by atoms with Crippen molar-refractivity contribution in [2.24, 2.45) is 4.99 Å². The van der Waals surface area contributed by atoms with Crippen LogP contribution in [0.25, 0.3) is 0 Å². The third-order valence-corrected chi connectivity index (χ3v) is 4.78. The van der Waals surface area contributed by atoms with Gasteiger partial charge in [-0.1, -0.05) is 18.9 Å². The highest BCUT2D eigenvalue weighted by molar-refractivity contribution is 14.0. The van der Waals surface area contributed by atoms with E-state index >= 15 is 0 Å². The lowest BCUT2D eigenvalue weighted by Crippen LogP contribution is -2.52. The van der Waals surface area contributed by atoms with Crippen molar-refractivity contribution in [2.45, 2.75) is 58.5 Å². The Hall–Kier alpha value is -1.58. The second-order valence-corrected chi connectivity index (χ2v) is 8.39. The number of piperazine rings is 1. The van der Waals surface area contributed by atoms with Crippen LogP contribution in [0.4, 0.5) is 5.82 Å². The maximum Gasteiger partial charge on any atom is 0.306 e. The van der Waals surface area contributed by atoms with Gasteiger partial charge >= 0.3 is 5.97 Å². The van der Waals surface area contributed by atoms with Crippen LogP contribution in [0.5, 0.6) is 0 Å². The molecule has 1 aliphatic heterocycles. The summed E-state index contributed by atoms with van der Waals surface area (Å²) < 4.78 is 5.33. The van der Waals surface area contributed by atoms with E-state index < -0.39 is 0 Å². The second-order valence-electron chi connectivity index (χ2n) is 8.39. The zero-order valence-electron chi connectivity index (χ0n) is 18.9. The van der Waals surface area contributed by atoms with Crippen molar-refractivity contribution in [3.05, 3.63) is 24.4 Å². The number of carbonyl (C=O) groups is 1. The predicted octanol–water partition coefficient (Wildman–Crippen LogP) is 3.69. The first-order chi connectivity index (χ1) is 13.9. The van der Waals surface area contributed by atoms with Gasteiger partial charge in [0.15, 0.2) is 5.96 Å². The fourth-order valence-corrected chi connectivity index (χ4v) is 3.36. The van der Waals surface area contributed by atoms with E-state index in [0.29, 0.717) is 6.42 Å². The number of unbranched alkanes of at least 4 members (excludes halogenated alkanes) is 3. The molecule has 1 fully saturated rings. The highest BCUT2D eigenvalue weighted by Gasteiger charge is 2.20. The van der Waals surface area contributed by atoms with Gasteiger partial charge in [0.1, 0.15) is 11.4 Å². The highest BCUT2D eigenvalue weighted by atomic mass is 127. The van der Waals surface area contributed by atoms with Gasteiger partial charge in [-0.3, -0.25) is 9.79 Å². The Morgan fingerprint density at radius 3 is 2.43 bits per heavy atom. The van der Waals surface area contributed by atoms with Crippen LogP contribution in [-0.4, -0.2) is 67.2 Å². The number of ether oxygens (including phenoxy) is 1. The van der Waals surface area contributed by atoms with Crippen molar-refractivity contribution in [3.63, 3.8) is 0 Å². The molecule has 0 saturated carbocycles. The SMILES string of the molecule is CN=C(NCCCCCCC(=O)OC(C)(C)C)N1CCN(c2ccccn2)CC1.I. The maximum absolute atomic E-state index is 11.7. The number of hydrogen-bond acceptors (Lipinski definition) is 5. The number of esters is 1. The lowest BCUT2D eigenvalue weighted by molar-refractivity contribution is -0.154. The Morgan fingerprint density at radius 2 is 1.83 bits per heavy atom. The minimum atomic E-state index is -0.389. The molecule has 170 valence electrons. The number of aromatic nitrogens is 1. The van der Waals surface area contributed by atoms with Gasteiger partial charge in [0, 0.05) is 52.4 Å². The van der Waals surface area contributed by atoms with E-state index in [4.69, 9.17) is 4.74 Å². The average Bonchev–Trinajstić information content (AvgIpc) is 2.70. The number of carbonyl (C=O) groups excluding carboxylic acids is 1. The number of halogens is 1. The van der Waals surface area contributed by atoms with Gasteiger partial charge in [0.2, 0.25) is 0 Å². The van der Waals surface area contributed by atoms with E-state index in [2.05, 4.69) is 31.2 Å². The molecule has 0 unspecified atom stereocenters. The fraction of sp³-hybridized carbons (Fsp3) is 0.682. The molecule has 0 aliphatic carbocycles. The molecular formula is C22H38IN5O2. The lowest BCUT2D eigenvalue weighted by Gasteiger charge is -2.37. The molecule has 8 heteroatoms. The summed E-state index contributed by atoms with van der Waals surface area (Å²) in [6.45, 7) is 10.4. The minimum Gasteiger partial charge on any atom is -0.460 e. The monoisotopic (exact) mass is 531 g/mol. The molecule has 1 aromatic heterocycles. The number of guanidine groups is 1. The van der Waals surface area contributed by atoms with Crippen molar-refractivity contribution in [1.82, 2.24) is 15.2 Å². The van der Waals surface area contributed by atoms with Crippen LogP contribution < -0.4 is 10.2 Å². The summed E-state index contributed by atoms with van der Waals surface area (Å²) in [5.74, 6) is 1.92. The summed E-state index contributed by atoms with van der Waals surface area (Å²) in [6.07, 6.45) is 6.45. The molecule has 2 heterocycles. The molecule has 0 spiro atoms. The van der Waals surface area contributed by atoms with Gasteiger partial charge in [-0.25, -0.2) is 4.98 Å². The topological polar surface area (TPSA) is 70.1 Å². The van der Waals surface area contributed by atoms with Gasteiger partial charge in [-0.2, -0.15) is 0 Å². The molecule has 1 aliphatic rings. The Kier molecular flexibility index (Phi) is 12.1. The zero-order valence-corrected chi connectivity index (χ0v) is 21.2. The number of nitrogens with one attached hydrogen (secondary N) is 1. The van der Waals surface area contributed by atoms with Crippen molar-refractivity contribution in [2.75, 3.05) is 44.7 Å². The largest absolute Gasteiger partial charge is 0.460 e. The Morgan fingerprint density at radius 1 is 1.13 bits per heavy atom. The smallest absolute Gasteiger partial charge is 0.306 e. The predicted molar refractivity (Wildman–Crippen MR) is 134 cm³/mol. The van der Waals surface area contributed by atoms with Crippen LogP contribution in [-0.2, 0) is 9.53 Å². The van der Waals surface area contributed by atoms with Crippen molar-refractivity contribution in [1.29, 1.82) is 0 Å². The molecule has 30 heavy (non-hydrogen) atoms. The van der Waals surface area contributed by atoms with Crippen LogP contribution in [0.3, 0.4) is 0 Å².